The molecule has 3 unspecified atom stereocenters. The van der Waals surface area contributed by atoms with Gasteiger partial charge in [-0.15, -0.1) is 0 Å². The van der Waals surface area contributed by atoms with Crippen LogP contribution in [0.4, 0.5) is 8.78 Å². The second-order valence-corrected chi connectivity index (χ2v) is 5.15. The van der Waals surface area contributed by atoms with Crippen LogP contribution in [-0.2, 0) is 0 Å². The van der Waals surface area contributed by atoms with Crippen LogP contribution in [0, 0.1) is 23.6 Å². The summed E-state index contributed by atoms with van der Waals surface area (Å²) in [6.07, 6.45) is 4.13. The van der Waals surface area contributed by atoms with E-state index in [0.29, 0.717) is 11.8 Å². The summed E-state index contributed by atoms with van der Waals surface area (Å²) in [5.41, 5.74) is -0.278. The molecule has 0 radical (unpaired) electrons. The molecule has 1 saturated carbocycles. The van der Waals surface area contributed by atoms with Gasteiger partial charge in [-0.25, -0.2) is 9.37 Å². The van der Waals surface area contributed by atoms with Crippen molar-refractivity contribution in [2.24, 2.45) is 11.8 Å². The fourth-order valence-electron chi connectivity index (χ4n) is 2.87. The molecule has 1 aromatic heterocycles. The van der Waals surface area contributed by atoms with Crippen molar-refractivity contribution in [2.75, 3.05) is 0 Å². The van der Waals surface area contributed by atoms with Crippen LogP contribution < -0.4 is 5.32 Å². The predicted molar refractivity (Wildman–Crippen MR) is 67.6 cm³/mol. The zero-order valence-electron chi connectivity index (χ0n) is 11.1. The summed E-state index contributed by atoms with van der Waals surface area (Å²) < 4.78 is 26.4. The lowest BCUT2D eigenvalue weighted by atomic mass is 9.93. The maximum Gasteiger partial charge on any atom is 0.254 e. The van der Waals surface area contributed by atoms with Crippen molar-refractivity contribution in [1.82, 2.24) is 10.3 Å². The molecule has 2 rings (SSSR count). The summed E-state index contributed by atoms with van der Waals surface area (Å²) in [4.78, 5) is 15.1. The molecule has 1 aromatic rings. The van der Waals surface area contributed by atoms with E-state index in [2.05, 4.69) is 24.1 Å². The Hall–Kier alpha value is -1.52. The van der Waals surface area contributed by atoms with Gasteiger partial charge in [0.15, 0.2) is 5.82 Å². The average Bonchev–Trinajstić information content (AvgIpc) is 2.73. The van der Waals surface area contributed by atoms with Gasteiger partial charge in [0.1, 0.15) is 0 Å². The molecule has 1 fully saturated rings. The van der Waals surface area contributed by atoms with E-state index in [1.165, 1.54) is 6.07 Å². The molecule has 1 N–H and O–H groups in total. The van der Waals surface area contributed by atoms with Crippen LogP contribution in [0.3, 0.4) is 0 Å². The zero-order valence-corrected chi connectivity index (χ0v) is 11.1. The minimum Gasteiger partial charge on any atom is -0.349 e. The molecular formula is C14H18F2N2O. The molecule has 0 aromatic carbocycles. The van der Waals surface area contributed by atoms with Crippen LogP contribution in [0.15, 0.2) is 12.3 Å². The van der Waals surface area contributed by atoms with Gasteiger partial charge in [0.05, 0.1) is 5.56 Å². The normalized spacial score (nSPS) is 26.4. The first-order chi connectivity index (χ1) is 9.04. The lowest BCUT2D eigenvalue weighted by Gasteiger charge is -2.21. The summed E-state index contributed by atoms with van der Waals surface area (Å²) >= 11 is 0. The minimum absolute atomic E-state index is 0.0353. The van der Waals surface area contributed by atoms with E-state index in [4.69, 9.17) is 0 Å². The quantitative estimate of drug-likeness (QED) is 0.856. The van der Waals surface area contributed by atoms with Gasteiger partial charge in [-0.05, 0) is 30.7 Å². The molecule has 0 spiro atoms. The monoisotopic (exact) mass is 268 g/mol. The van der Waals surface area contributed by atoms with E-state index in [-0.39, 0.29) is 11.6 Å². The van der Waals surface area contributed by atoms with Crippen LogP contribution in [0.25, 0.3) is 0 Å². The van der Waals surface area contributed by atoms with E-state index < -0.39 is 17.7 Å². The number of hydrogen-bond acceptors (Lipinski definition) is 2. The number of carbonyl (C=O) groups excluding carboxylic acids is 1. The zero-order chi connectivity index (χ0) is 14.0. The molecule has 1 amide bonds. The smallest absolute Gasteiger partial charge is 0.254 e. The Morgan fingerprint density at radius 2 is 2.21 bits per heavy atom. The van der Waals surface area contributed by atoms with E-state index in [0.717, 1.165) is 25.5 Å². The van der Waals surface area contributed by atoms with Gasteiger partial charge < -0.3 is 5.32 Å². The van der Waals surface area contributed by atoms with Gasteiger partial charge in [0, 0.05) is 12.2 Å². The van der Waals surface area contributed by atoms with Crippen molar-refractivity contribution in [2.45, 2.75) is 39.2 Å². The van der Waals surface area contributed by atoms with E-state index in [9.17, 15) is 13.6 Å². The molecule has 3 atom stereocenters. The number of carbonyl (C=O) groups is 1. The molecule has 1 heterocycles. The second kappa shape index (κ2) is 5.63. The van der Waals surface area contributed by atoms with Gasteiger partial charge in [-0.2, -0.15) is 4.39 Å². The molecule has 1 aliphatic rings. The number of rotatable bonds is 3. The number of pyridine rings is 1. The fourth-order valence-corrected chi connectivity index (χ4v) is 2.87. The largest absolute Gasteiger partial charge is 0.349 e. The molecule has 5 heteroatoms. The van der Waals surface area contributed by atoms with Crippen molar-refractivity contribution >= 4 is 5.91 Å². The predicted octanol–water partition coefficient (Wildman–Crippen LogP) is 2.91. The van der Waals surface area contributed by atoms with Crippen molar-refractivity contribution < 1.29 is 13.6 Å². The topological polar surface area (TPSA) is 42.0 Å². The number of nitrogens with zero attached hydrogens (tertiary/aromatic N) is 1. The van der Waals surface area contributed by atoms with Crippen molar-refractivity contribution in [1.29, 1.82) is 0 Å². The highest BCUT2D eigenvalue weighted by molar-refractivity contribution is 5.94. The summed E-state index contributed by atoms with van der Waals surface area (Å²) in [6.45, 7) is 4.22. The van der Waals surface area contributed by atoms with Gasteiger partial charge in [-0.1, -0.05) is 20.3 Å². The number of halogens is 2. The Morgan fingerprint density at radius 1 is 1.47 bits per heavy atom. The molecule has 0 aliphatic heterocycles. The molecular weight excluding hydrogens is 250 g/mol. The standard InChI is InChI=1S/C14H18F2N2O/c1-3-9-4-5-11(8(9)2)18-14(19)10-6-7-17-13(16)12(10)15/h6-9,11H,3-5H2,1-2H3,(H,18,19). The van der Waals surface area contributed by atoms with Crippen molar-refractivity contribution in [3.63, 3.8) is 0 Å². The van der Waals surface area contributed by atoms with E-state index in [1.54, 1.807) is 0 Å². The molecule has 1 aliphatic carbocycles. The highest BCUT2D eigenvalue weighted by Gasteiger charge is 2.33. The number of aromatic nitrogens is 1. The summed E-state index contributed by atoms with van der Waals surface area (Å²) in [7, 11) is 0. The third kappa shape index (κ3) is 2.74. The minimum atomic E-state index is -1.24. The van der Waals surface area contributed by atoms with Crippen LogP contribution in [0.1, 0.15) is 43.5 Å². The maximum absolute atomic E-state index is 13.5. The molecule has 104 valence electrons. The highest BCUT2D eigenvalue weighted by Crippen LogP contribution is 2.34. The highest BCUT2D eigenvalue weighted by atomic mass is 19.2. The maximum atomic E-state index is 13.5. The van der Waals surface area contributed by atoms with Gasteiger partial charge in [0.2, 0.25) is 5.95 Å². The summed E-state index contributed by atoms with van der Waals surface area (Å²) in [5, 5.41) is 2.80. The Labute approximate surface area is 111 Å². The number of nitrogens with one attached hydrogen (secondary N) is 1. The van der Waals surface area contributed by atoms with Crippen molar-refractivity contribution in [3.05, 3.63) is 29.6 Å². The van der Waals surface area contributed by atoms with Crippen LogP contribution in [0.5, 0.6) is 0 Å². The van der Waals surface area contributed by atoms with E-state index >= 15 is 0 Å². The summed E-state index contributed by atoms with van der Waals surface area (Å²) in [5.74, 6) is -2.03. The molecule has 0 saturated heterocycles. The Kier molecular flexibility index (Phi) is 4.12. The SMILES string of the molecule is CCC1CCC(NC(=O)c2ccnc(F)c2F)C1C. The van der Waals surface area contributed by atoms with Gasteiger partial charge in [-0.3, -0.25) is 4.79 Å². The van der Waals surface area contributed by atoms with Crippen molar-refractivity contribution in [3.8, 4) is 0 Å². The van der Waals surface area contributed by atoms with Gasteiger partial charge in [0.25, 0.3) is 5.91 Å². The molecule has 0 bridgehead atoms. The Bertz CT molecular complexity index is 479. The Balaban J connectivity index is 2.08. The second-order valence-electron chi connectivity index (χ2n) is 5.15. The molecule has 19 heavy (non-hydrogen) atoms. The average molecular weight is 268 g/mol. The summed E-state index contributed by atoms with van der Waals surface area (Å²) in [6, 6.07) is 1.23. The third-order valence-corrected chi connectivity index (χ3v) is 4.16. The first-order valence-electron chi connectivity index (χ1n) is 6.65. The lowest BCUT2D eigenvalue weighted by Crippen LogP contribution is -2.38. The van der Waals surface area contributed by atoms with Crippen LogP contribution >= 0.6 is 0 Å². The number of hydrogen-bond donors (Lipinski definition) is 1. The van der Waals surface area contributed by atoms with E-state index in [1.807, 2.05) is 0 Å². The Morgan fingerprint density at radius 3 is 2.84 bits per heavy atom. The lowest BCUT2D eigenvalue weighted by molar-refractivity contribution is 0.0921. The van der Waals surface area contributed by atoms with Gasteiger partial charge >= 0.3 is 0 Å². The van der Waals surface area contributed by atoms with Crippen LogP contribution in [0.2, 0.25) is 0 Å². The first-order valence-corrected chi connectivity index (χ1v) is 6.65. The first kappa shape index (κ1) is 13.9. The third-order valence-electron chi connectivity index (χ3n) is 4.16. The molecule has 3 nitrogen and oxygen atoms in total. The van der Waals surface area contributed by atoms with Crippen LogP contribution in [-0.4, -0.2) is 16.9 Å². The number of amides is 1. The fraction of sp³-hybridized carbons (Fsp3) is 0.571.